The molecule has 2 nitrogen and oxygen atoms in total. The van der Waals surface area contributed by atoms with E-state index in [0.29, 0.717) is 12.1 Å². The van der Waals surface area contributed by atoms with Crippen molar-refractivity contribution >= 4 is 0 Å². The van der Waals surface area contributed by atoms with Crippen molar-refractivity contribution in [2.24, 2.45) is 11.8 Å². The van der Waals surface area contributed by atoms with Gasteiger partial charge >= 0.3 is 0 Å². The van der Waals surface area contributed by atoms with Gasteiger partial charge in [0.1, 0.15) is 0 Å². The van der Waals surface area contributed by atoms with Crippen LogP contribution in [0.4, 0.5) is 0 Å². The number of rotatable bonds is 4. The zero-order valence-electron chi connectivity index (χ0n) is 11.0. The first-order valence-corrected chi connectivity index (χ1v) is 6.31. The maximum Gasteiger partial charge on any atom is 0.0618 e. The normalized spacial score (nSPS) is 29.0. The van der Waals surface area contributed by atoms with Crippen LogP contribution in [0.3, 0.4) is 0 Å². The Morgan fingerprint density at radius 1 is 1.27 bits per heavy atom. The van der Waals surface area contributed by atoms with Crippen molar-refractivity contribution < 1.29 is 4.74 Å². The van der Waals surface area contributed by atoms with E-state index in [1.807, 2.05) is 7.11 Å². The quantitative estimate of drug-likeness (QED) is 0.712. The second kappa shape index (κ2) is 5.86. The first-order chi connectivity index (χ1) is 7.06. The zero-order valence-corrected chi connectivity index (χ0v) is 11.0. The zero-order chi connectivity index (χ0) is 11.4. The molecule has 0 radical (unpaired) electrons. The van der Waals surface area contributed by atoms with E-state index in [-0.39, 0.29) is 0 Å². The Morgan fingerprint density at radius 2 is 1.93 bits per heavy atom. The second-order valence-corrected chi connectivity index (χ2v) is 5.47. The summed E-state index contributed by atoms with van der Waals surface area (Å²) in [6.07, 6.45) is 2.67. The number of likely N-dealkylation sites (tertiary alicyclic amines) is 1. The third-order valence-corrected chi connectivity index (χ3v) is 3.77. The first-order valence-electron chi connectivity index (χ1n) is 6.31. The van der Waals surface area contributed by atoms with E-state index < -0.39 is 0 Å². The van der Waals surface area contributed by atoms with Crippen LogP contribution < -0.4 is 0 Å². The van der Waals surface area contributed by atoms with Gasteiger partial charge in [-0.15, -0.1) is 0 Å². The molecule has 0 aromatic heterocycles. The number of hydrogen-bond donors (Lipinski definition) is 0. The molecule has 1 rings (SSSR count). The summed E-state index contributed by atoms with van der Waals surface area (Å²) in [4.78, 5) is 2.60. The molecule has 0 saturated carbocycles. The Morgan fingerprint density at radius 3 is 2.40 bits per heavy atom. The van der Waals surface area contributed by atoms with Gasteiger partial charge < -0.3 is 4.74 Å². The minimum atomic E-state index is 0.635. The summed E-state index contributed by atoms with van der Waals surface area (Å²) in [6, 6.07) is 1.29. The number of methoxy groups -OCH3 is 1. The van der Waals surface area contributed by atoms with Crippen LogP contribution in [0, 0.1) is 11.8 Å². The van der Waals surface area contributed by atoms with Crippen LogP contribution in [-0.4, -0.2) is 37.2 Å². The summed E-state index contributed by atoms with van der Waals surface area (Å²) in [7, 11) is 1.82. The molecule has 1 aliphatic rings. The average molecular weight is 213 g/mol. The molecular formula is C13H27NO. The van der Waals surface area contributed by atoms with E-state index in [4.69, 9.17) is 4.74 Å². The highest BCUT2D eigenvalue weighted by molar-refractivity contribution is 4.84. The molecule has 0 aromatic rings. The highest BCUT2D eigenvalue weighted by Crippen LogP contribution is 2.29. The van der Waals surface area contributed by atoms with Crippen LogP contribution in [0.25, 0.3) is 0 Å². The van der Waals surface area contributed by atoms with E-state index in [2.05, 4.69) is 32.6 Å². The van der Waals surface area contributed by atoms with Crippen LogP contribution in [0.5, 0.6) is 0 Å². The molecule has 1 unspecified atom stereocenters. The van der Waals surface area contributed by atoms with Crippen LogP contribution in [0.1, 0.15) is 40.5 Å². The monoisotopic (exact) mass is 213 g/mol. The number of hydrogen-bond acceptors (Lipinski definition) is 2. The molecule has 0 aliphatic carbocycles. The minimum Gasteiger partial charge on any atom is -0.383 e. The van der Waals surface area contributed by atoms with Gasteiger partial charge in [-0.2, -0.15) is 0 Å². The van der Waals surface area contributed by atoms with Crippen molar-refractivity contribution in [2.45, 2.75) is 52.6 Å². The van der Waals surface area contributed by atoms with E-state index in [1.165, 1.54) is 19.4 Å². The molecule has 2 atom stereocenters. The molecule has 1 aliphatic heterocycles. The fourth-order valence-electron chi connectivity index (χ4n) is 2.74. The van der Waals surface area contributed by atoms with Crippen molar-refractivity contribution in [1.29, 1.82) is 0 Å². The van der Waals surface area contributed by atoms with Gasteiger partial charge in [-0.05, 0) is 45.1 Å². The first kappa shape index (κ1) is 13.0. The molecule has 90 valence electrons. The molecule has 0 bridgehead atoms. The summed E-state index contributed by atoms with van der Waals surface area (Å²) < 4.78 is 5.35. The largest absolute Gasteiger partial charge is 0.383 e. The Kier molecular flexibility index (Phi) is 5.07. The van der Waals surface area contributed by atoms with E-state index in [9.17, 15) is 0 Å². The lowest BCUT2D eigenvalue weighted by Gasteiger charge is -2.42. The molecule has 1 fully saturated rings. The fraction of sp³-hybridized carbons (Fsp3) is 1.00. The number of piperidine rings is 1. The minimum absolute atomic E-state index is 0.635. The highest BCUT2D eigenvalue weighted by atomic mass is 16.5. The third-order valence-electron chi connectivity index (χ3n) is 3.77. The average Bonchev–Trinajstić information content (AvgIpc) is 2.17. The molecular weight excluding hydrogens is 186 g/mol. The Bertz CT molecular complexity index is 179. The van der Waals surface area contributed by atoms with Crippen molar-refractivity contribution in [1.82, 2.24) is 4.90 Å². The van der Waals surface area contributed by atoms with Crippen LogP contribution >= 0.6 is 0 Å². The van der Waals surface area contributed by atoms with Gasteiger partial charge in [0, 0.05) is 19.2 Å². The molecule has 0 spiro atoms. The summed E-state index contributed by atoms with van der Waals surface area (Å²) in [6.45, 7) is 11.4. The Hall–Kier alpha value is -0.0800. The fourth-order valence-corrected chi connectivity index (χ4v) is 2.74. The van der Waals surface area contributed by atoms with Crippen molar-refractivity contribution in [3.8, 4) is 0 Å². The van der Waals surface area contributed by atoms with Crippen molar-refractivity contribution in [3.63, 3.8) is 0 Å². The maximum atomic E-state index is 5.35. The van der Waals surface area contributed by atoms with Crippen LogP contribution in [-0.2, 0) is 4.74 Å². The summed E-state index contributed by atoms with van der Waals surface area (Å²) in [5, 5.41) is 0. The number of nitrogens with zero attached hydrogens (tertiary/aromatic N) is 1. The molecule has 1 saturated heterocycles. The van der Waals surface area contributed by atoms with Gasteiger partial charge in [0.15, 0.2) is 0 Å². The topological polar surface area (TPSA) is 12.5 Å². The lowest BCUT2D eigenvalue weighted by atomic mass is 9.82. The molecule has 0 aromatic carbocycles. The van der Waals surface area contributed by atoms with Crippen LogP contribution in [0.15, 0.2) is 0 Å². The van der Waals surface area contributed by atoms with Crippen LogP contribution in [0.2, 0.25) is 0 Å². The lowest BCUT2D eigenvalue weighted by Crippen LogP contribution is -2.49. The predicted octanol–water partition coefficient (Wildman–Crippen LogP) is 2.78. The standard InChI is InChI=1S/C13H27NO/c1-10(2)12-6-7-14(11(3)4)13(8-12)9-15-5/h10-13H,6-9H2,1-5H3/t12?,13-/m0/s1. The van der Waals surface area contributed by atoms with Gasteiger partial charge in [0.25, 0.3) is 0 Å². The molecule has 2 heteroatoms. The highest BCUT2D eigenvalue weighted by Gasteiger charge is 2.30. The van der Waals surface area contributed by atoms with Gasteiger partial charge in [-0.1, -0.05) is 13.8 Å². The summed E-state index contributed by atoms with van der Waals surface area (Å²) >= 11 is 0. The van der Waals surface area contributed by atoms with E-state index in [1.54, 1.807) is 0 Å². The van der Waals surface area contributed by atoms with E-state index >= 15 is 0 Å². The molecule has 15 heavy (non-hydrogen) atoms. The summed E-state index contributed by atoms with van der Waals surface area (Å²) in [5.41, 5.74) is 0. The van der Waals surface area contributed by atoms with Gasteiger partial charge in [0.2, 0.25) is 0 Å². The maximum absolute atomic E-state index is 5.35. The molecule has 1 heterocycles. The van der Waals surface area contributed by atoms with Gasteiger partial charge in [-0.3, -0.25) is 4.90 Å². The lowest BCUT2D eigenvalue weighted by molar-refractivity contribution is 0.0173. The predicted molar refractivity (Wildman–Crippen MR) is 65.1 cm³/mol. The summed E-state index contributed by atoms with van der Waals surface area (Å²) in [5.74, 6) is 1.71. The molecule has 0 N–H and O–H groups in total. The second-order valence-electron chi connectivity index (χ2n) is 5.47. The number of ether oxygens (including phenoxy) is 1. The van der Waals surface area contributed by atoms with E-state index in [0.717, 1.165) is 18.4 Å². The van der Waals surface area contributed by atoms with Gasteiger partial charge in [-0.25, -0.2) is 0 Å². The van der Waals surface area contributed by atoms with Crippen molar-refractivity contribution in [3.05, 3.63) is 0 Å². The smallest absolute Gasteiger partial charge is 0.0618 e. The Labute approximate surface area is 95.0 Å². The third kappa shape index (κ3) is 3.46. The Balaban J connectivity index is 2.56. The molecule has 0 amide bonds. The van der Waals surface area contributed by atoms with Gasteiger partial charge in [0.05, 0.1) is 6.61 Å². The SMILES string of the molecule is COC[C@@H]1CC(C(C)C)CCN1C(C)C. The van der Waals surface area contributed by atoms with Crippen molar-refractivity contribution in [2.75, 3.05) is 20.3 Å².